The number of aliphatic hydroxyl groups is 1. The van der Waals surface area contributed by atoms with Crippen molar-refractivity contribution in [3.05, 3.63) is 36.4 Å². The summed E-state index contributed by atoms with van der Waals surface area (Å²) in [6, 6.07) is 5.39. The summed E-state index contributed by atoms with van der Waals surface area (Å²) in [7, 11) is 0. The molecule has 0 radical (unpaired) electrons. The van der Waals surface area contributed by atoms with Gasteiger partial charge >= 0.3 is 0 Å². The van der Waals surface area contributed by atoms with Crippen molar-refractivity contribution < 1.29 is 14.6 Å². The van der Waals surface area contributed by atoms with Gasteiger partial charge in [0.1, 0.15) is 13.2 Å². The molecule has 74 valence electrons. The van der Waals surface area contributed by atoms with Gasteiger partial charge in [0.25, 0.3) is 0 Å². The summed E-state index contributed by atoms with van der Waals surface area (Å²) in [5.41, 5.74) is 0.768. The zero-order valence-electron chi connectivity index (χ0n) is 7.77. The lowest BCUT2D eigenvalue weighted by Gasteiger charge is -2.19. The SMILES string of the molecule is C=C[C@H](O)c1ccc2c(c1)OCCO2. The average Bonchev–Trinajstić information content (AvgIpc) is 2.27. The van der Waals surface area contributed by atoms with E-state index in [4.69, 9.17) is 9.47 Å². The molecule has 3 nitrogen and oxygen atoms in total. The Morgan fingerprint density at radius 2 is 2.00 bits per heavy atom. The van der Waals surface area contributed by atoms with Crippen LogP contribution < -0.4 is 9.47 Å². The number of hydrogen-bond acceptors (Lipinski definition) is 3. The first-order valence-electron chi connectivity index (χ1n) is 4.51. The fourth-order valence-electron chi connectivity index (χ4n) is 1.38. The van der Waals surface area contributed by atoms with Crippen molar-refractivity contribution >= 4 is 0 Å². The third-order valence-corrected chi connectivity index (χ3v) is 2.13. The minimum atomic E-state index is -0.647. The number of aliphatic hydroxyl groups excluding tert-OH is 1. The first-order chi connectivity index (χ1) is 6.81. The summed E-state index contributed by atoms with van der Waals surface area (Å²) < 4.78 is 10.7. The van der Waals surface area contributed by atoms with E-state index in [-0.39, 0.29) is 0 Å². The Morgan fingerprint density at radius 1 is 1.29 bits per heavy atom. The monoisotopic (exact) mass is 192 g/mol. The normalized spacial score (nSPS) is 16.1. The smallest absolute Gasteiger partial charge is 0.161 e. The van der Waals surface area contributed by atoms with Gasteiger partial charge in [0.2, 0.25) is 0 Å². The lowest BCUT2D eigenvalue weighted by atomic mass is 10.1. The van der Waals surface area contributed by atoms with Gasteiger partial charge in [-0.1, -0.05) is 12.1 Å². The molecule has 0 aromatic heterocycles. The fourth-order valence-corrected chi connectivity index (χ4v) is 1.38. The van der Waals surface area contributed by atoms with E-state index in [2.05, 4.69) is 6.58 Å². The second kappa shape index (κ2) is 3.72. The van der Waals surface area contributed by atoms with Crippen LogP contribution in [0.25, 0.3) is 0 Å². The molecule has 0 saturated carbocycles. The molecule has 1 aliphatic rings. The van der Waals surface area contributed by atoms with E-state index < -0.39 is 6.10 Å². The maximum atomic E-state index is 9.52. The van der Waals surface area contributed by atoms with Crippen LogP contribution in [0, 0.1) is 0 Å². The van der Waals surface area contributed by atoms with Gasteiger partial charge in [0, 0.05) is 0 Å². The van der Waals surface area contributed by atoms with Crippen LogP contribution in [0.15, 0.2) is 30.9 Å². The molecule has 1 aromatic carbocycles. The lowest BCUT2D eigenvalue weighted by molar-refractivity contribution is 0.170. The highest BCUT2D eigenvalue weighted by molar-refractivity contribution is 5.44. The van der Waals surface area contributed by atoms with Crippen molar-refractivity contribution in [1.82, 2.24) is 0 Å². The summed E-state index contributed by atoms with van der Waals surface area (Å²) in [4.78, 5) is 0. The fraction of sp³-hybridized carbons (Fsp3) is 0.273. The van der Waals surface area contributed by atoms with E-state index in [1.54, 1.807) is 18.2 Å². The molecule has 0 spiro atoms. The predicted octanol–water partition coefficient (Wildman–Crippen LogP) is 1.68. The Balaban J connectivity index is 2.33. The van der Waals surface area contributed by atoms with Crippen molar-refractivity contribution in [2.45, 2.75) is 6.10 Å². The molecule has 0 saturated heterocycles. The topological polar surface area (TPSA) is 38.7 Å². The zero-order chi connectivity index (χ0) is 9.97. The maximum absolute atomic E-state index is 9.52. The van der Waals surface area contributed by atoms with Crippen LogP contribution in [-0.2, 0) is 0 Å². The van der Waals surface area contributed by atoms with Gasteiger partial charge in [0.15, 0.2) is 11.5 Å². The number of ether oxygens (including phenoxy) is 2. The van der Waals surface area contributed by atoms with E-state index in [0.717, 1.165) is 11.3 Å². The first kappa shape index (κ1) is 9.09. The van der Waals surface area contributed by atoms with Crippen LogP contribution in [0.2, 0.25) is 0 Å². The minimum Gasteiger partial charge on any atom is -0.486 e. The van der Waals surface area contributed by atoms with Gasteiger partial charge in [-0.3, -0.25) is 0 Å². The van der Waals surface area contributed by atoms with Gasteiger partial charge < -0.3 is 14.6 Å². The third kappa shape index (κ3) is 1.59. The molecular formula is C11H12O3. The Hall–Kier alpha value is -1.48. The summed E-state index contributed by atoms with van der Waals surface area (Å²) in [5, 5.41) is 9.52. The highest BCUT2D eigenvalue weighted by Gasteiger charge is 2.13. The largest absolute Gasteiger partial charge is 0.486 e. The van der Waals surface area contributed by atoms with Crippen LogP contribution in [-0.4, -0.2) is 18.3 Å². The standard InChI is InChI=1S/C11H12O3/c1-2-9(12)8-3-4-10-11(7-8)14-6-5-13-10/h2-4,7,9,12H,1,5-6H2/t9-/m0/s1. The molecule has 2 rings (SSSR count). The molecule has 1 aromatic rings. The van der Waals surface area contributed by atoms with E-state index >= 15 is 0 Å². The van der Waals surface area contributed by atoms with Gasteiger partial charge in [-0.05, 0) is 17.7 Å². The average molecular weight is 192 g/mol. The van der Waals surface area contributed by atoms with Crippen molar-refractivity contribution in [2.24, 2.45) is 0 Å². The quantitative estimate of drug-likeness (QED) is 0.724. The van der Waals surface area contributed by atoms with Gasteiger partial charge in [0.05, 0.1) is 6.10 Å². The minimum absolute atomic E-state index is 0.556. The van der Waals surface area contributed by atoms with E-state index in [1.807, 2.05) is 0 Å². The molecule has 14 heavy (non-hydrogen) atoms. The molecule has 0 unspecified atom stereocenters. The van der Waals surface area contributed by atoms with Crippen LogP contribution in [0.5, 0.6) is 11.5 Å². The summed E-state index contributed by atoms with van der Waals surface area (Å²) in [6.45, 7) is 4.66. The molecule has 3 heteroatoms. The van der Waals surface area contributed by atoms with Crippen LogP contribution >= 0.6 is 0 Å². The van der Waals surface area contributed by atoms with Crippen molar-refractivity contribution in [3.8, 4) is 11.5 Å². The number of rotatable bonds is 2. The molecule has 1 heterocycles. The summed E-state index contributed by atoms with van der Waals surface area (Å²) in [5.74, 6) is 1.42. The van der Waals surface area contributed by atoms with Gasteiger partial charge in [-0.25, -0.2) is 0 Å². The Bertz CT molecular complexity index is 346. The Kier molecular flexibility index (Phi) is 2.41. The number of benzene rings is 1. The molecule has 1 aliphatic heterocycles. The molecular weight excluding hydrogens is 180 g/mol. The third-order valence-electron chi connectivity index (χ3n) is 2.13. The summed E-state index contributed by atoms with van der Waals surface area (Å²) >= 11 is 0. The summed E-state index contributed by atoms with van der Waals surface area (Å²) in [6.07, 6.45) is 0.830. The van der Waals surface area contributed by atoms with Crippen LogP contribution in [0.4, 0.5) is 0 Å². The second-order valence-corrected chi connectivity index (χ2v) is 3.08. The van der Waals surface area contributed by atoms with Crippen molar-refractivity contribution in [1.29, 1.82) is 0 Å². The lowest BCUT2D eigenvalue weighted by Crippen LogP contribution is -2.15. The van der Waals surface area contributed by atoms with Crippen LogP contribution in [0.3, 0.4) is 0 Å². The van der Waals surface area contributed by atoms with E-state index in [9.17, 15) is 5.11 Å². The van der Waals surface area contributed by atoms with Crippen LogP contribution in [0.1, 0.15) is 11.7 Å². The Morgan fingerprint density at radius 3 is 2.71 bits per heavy atom. The maximum Gasteiger partial charge on any atom is 0.161 e. The molecule has 1 N–H and O–H groups in total. The van der Waals surface area contributed by atoms with Gasteiger partial charge in [-0.2, -0.15) is 0 Å². The molecule has 0 amide bonds. The number of hydrogen-bond donors (Lipinski definition) is 1. The highest BCUT2D eigenvalue weighted by Crippen LogP contribution is 2.32. The second-order valence-electron chi connectivity index (χ2n) is 3.08. The zero-order valence-corrected chi connectivity index (χ0v) is 7.77. The molecule has 0 fully saturated rings. The van der Waals surface area contributed by atoms with Crippen molar-refractivity contribution in [3.63, 3.8) is 0 Å². The Labute approximate surface area is 82.6 Å². The van der Waals surface area contributed by atoms with E-state index in [1.165, 1.54) is 6.08 Å². The predicted molar refractivity (Wildman–Crippen MR) is 52.6 cm³/mol. The highest BCUT2D eigenvalue weighted by atomic mass is 16.6. The molecule has 1 atom stereocenters. The first-order valence-corrected chi connectivity index (χ1v) is 4.51. The number of fused-ring (bicyclic) bond motifs is 1. The van der Waals surface area contributed by atoms with Gasteiger partial charge in [-0.15, -0.1) is 6.58 Å². The van der Waals surface area contributed by atoms with Crippen molar-refractivity contribution in [2.75, 3.05) is 13.2 Å². The molecule has 0 bridgehead atoms. The molecule has 0 aliphatic carbocycles. The van der Waals surface area contributed by atoms with E-state index in [0.29, 0.717) is 19.0 Å².